The number of benzene rings is 2. The largest absolute Gasteiger partial charge is 0.494 e. The van der Waals surface area contributed by atoms with Gasteiger partial charge in [-0.25, -0.2) is 12.8 Å². The first-order valence-corrected chi connectivity index (χ1v) is 9.68. The zero-order valence-corrected chi connectivity index (χ0v) is 14.9. The van der Waals surface area contributed by atoms with Crippen LogP contribution in [-0.4, -0.2) is 45.5 Å². The molecule has 0 N–H and O–H groups in total. The highest BCUT2D eigenvalue weighted by molar-refractivity contribution is 7.89. The molecule has 5 nitrogen and oxygen atoms in total. The molecule has 1 heterocycles. The van der Waals surface area contributed by atoms with Crippen LogP contribution >= 0.6 is 0 Å². The number of hydrogen-bond acceptors (Lipinski definition) is 4. The van der Waals surface area contributed by atoms with Crippen molar-refractivity contribution in [1.29, 1.82) is 0 Å². The SMILES string of the molecule is CCOc1ccc(N2CCN(S(=O)(=O)c3ccc(F)cc3)CC2)cc1. The molecule has 25 heavy (non-hydrogen) atoms. The highest BCUT2D eigenvalue weighted by Crippen LogP contribution is 2.23. The Hall–Kier alpha value is -2.12. The number of nitrogens with zero attached hydrogens (tertiary/aromatic N) is 2. The summed E-state index contributed by atoms with van der Waals surface area (Å²) in [7, 11) is -3.58. The van der Waals surface area contributed by atoms with Crippen LogP contribution in [0.1, 0.15) is 6.92 Å². The molecule has 1 fully saturated rings. The summed E-state index contributed by atoms with van der Waals surface area (Å²) in [6.45, 7) is 4.57. The average Bonchev–Trinajstić information content (AvgIpc) is 2.63. The van der Waals surface area contributed by atoms with Crippen LogP contribution in [0.25, 0.3) is 0 Å². The molecule has 134 valence electrons. The van der Waals surface area contributed by atoms with Crippen molar-refractivity contribution in [2.24, 2.45) is 0 Å². The van der Waals surface area contributed by atoms with E-state index in [1.165, 1.54) is 28.6 Å². The van der Waals surface area contributed by atoms with Crippen LogP contribution in [0.2, 0.25) is 0 Å². The first-order valence-electron chi connectivity index (χ1n) is 8.24. The van der Waals surface area contributed by atoms with Gasteiger partial charge in [-0.1, -0.05) is 0 Å². The van der Waals surface area contributed by atoms with E-state index < -0.39 is 15.8 Å². The fourth-order valence-corrected chi connectivity index (χ4v) is 4.28. The normalized spacial score (nSPS) is 16.0. The van der Waals surface area contributed by atoms with Gasteiger partial charge in [0.1, 0.15) is 11.6 Å². The minimum Gasteiger partial charge on any atom is -0.494 e. The number of hydrogen-bond donors (Lipinski definition) is 0. The number of piperazine rings is 1. The summed E-state index contributed by atoms with van der Waals surface area (Å²) in [5, 5.41) is 0. The predicted molar refractivity (Wildman–Crippen MR) is 95.0 cm³/mol. The van der Waals surface area contributed by atoms with Crippen molar-refractivity contribution in [3.05, 3.63) is 54.3 Å². The van der Waals surface area contributed by atoms with Gasteiger partial charge in [0.15, 0.2) is 0 Å². The lowest BCUT2D eigenvalue weighted by molar-refractivity contribution is 0.340. The van der Waals surface area contributed by atoms with Crippen molar-refractivity contribution in [2.75, 3.05) is 37.7 Å². The highest BCUT2D eigenvalue weighted by Gasteiger charge is 2.28. The van der Waals surface area contributed by atoms with E-state index in [-0.39, 0.29) is 4.90 Å². The summed E-state index contributed by atoms with van der Waals surface area (Å²) >= 11 is 0. The lowest BCUT2D eigenvalue weighted by atomic mass is 10.2. The monoisotopic (exact) mass is 364 g/mol. The van der Waals surface area contributed by atoms with E-state index in [1.54, 1.807) is 0 Å². The maximum absolute atomic E-state index is 13.0. The molecule has 0 atom stereocenters. The highest BCUT2D eigenvalue weighted by atomic mass is 32.2. The Bertz CT molecular complexity index is 799. The fraction of sp³-hybridized carbons (Fsp3) is 0.333. The maximum Gasteiger partial charge on any atom is 0.243 e. The third kappa shape index (κ3) is 3.93. The van der Waals surface area contributed by atoms with Crippen LogP contribution in [0.15, 0.2) is 53.4 Å². The zero-order valence-electron chi connectivity index (χ0n) is 14.1. The Kier molecular flexibility index (Phi) is 5.24. The molecule has 0 aromatic heterocycles. The van der Waals surface area contributed by atoms with Crippen molar-refractivity contribution in [2.45, 2.75) is 11.8 Å². The Morgan fingerprint density at radius 3 is 2.12 bits per heavy atom. The molecule has 0 unspecified atom stereocenters. The third-order valence-electron chi connectivity index (χ3n) is 4.20. The molecule has 0 saturated carbocycles. The Balaban J connectivity index is 1.65. The van der Waals surface area contributed by atoms with Crippen molar-refractivity contribution in [3.63, 3.8) is 0 Å². The van der Waals surface area contributed by atoms with Gasteiger partial charge >= 0.3 is 0 Å². The summed E-state index contributed by atoms with van der Waals surface area (Å²) in [5.41, 5.74) is 1.04. The molecule has 1 aliphatic rings. The molecule has 3 rings (SSSR count). The van der Waals surface area contributed by atoms with Gasteiger partial charge in [0, 0.05) is 31.9 Å². The van der Waals surface area contributed by atoms with E-state index in [1.807, 2.05) is 31.2 Å². The van der Waals surface area contributed by atoms with Crippen LogP contribution in [0.3, 0.4) is 0 Å². The molecular formula is C18H21FN2O3S. The van der Waals surface area contributed by atoms with E-state index in [9.17, 15) is 12.8 Å². The van der Waals surface area contributed by atoms with Gasteiger partial charge in [-0.2, -0.15) is 4.31 Å². The third-order valence-corrected chi connectivity index (χ3v) is 6.12. The Labute approximate surface area is 147 Å². The van der Waals surface area contributed by atoms with Gasteiger partial charge in [-0.3, -0.25) is 0 Å². The van der Waals surface area contributed by atoms with Crippen LogP contribution < -0.4 is 9.64 Å². The van der Waals surface area contributed by atoms with Crippen molar-refractivity contribution in [1.82, 2.24) is 4.31 Å². The molecule has 0 aliphatic carbocycles. The van der Waals surface area contributed by atoms with Crippen LogP contribution in [0, 0.1) is 5.82 Å². The molecule has 2 aromatic rings. The van der Waals surface area contributed by atoms with Crippen molar-refractivity contribution >= 4 is 15.7 Å². The van der Waals surface area contributed by atoms with Gasteiger partial charge in [0.25, 0.3) is 0 Å². The molecule has 1 aliphatic heterocycles. The first kappa shape index (κ1) is 17.7. The number of sulfonamides is 1. The van der Waals surface area contributed by atoms with E-state index >= 15 is 0 Å². The quantitative estimate of drug-likeness (QED) is 0.819. The summed E-state index contributed by atoms with van der Waals surface area (Å²) in [6, 6.07) is 12.8. The van der Waals surface area contributed by atoms with E-state index in [0.717, 1.165) is 11.4 Å². The minimum atomic E-state index is -3.58. The van der Waals surface area contributed by atoms with Gasteiger partial charge in [-0.15, -0.1) is 0 Å². The number of rotatable bonds is 5. The van der Waals surface area contributed by atoms with Crippen molar-refractivity contribution < 1.29 is 17.5 Å². The molecular weight excluding hydrogens is 343 g/mol. The smallest absolute Gasteiger partial charge is 0.243 e. The van der Waals surface area contributed by atoms with Gasteiger partial charge in [-0.05, 0) is 55.5 Å². The molecule has 7 heteroatoms. The number of anilines is 1. The van der Waals surface area contributed by atoms with Crippen molar-refractivity contribution in [3.8, 4) is 5.75 Å². The summed E-state index contributed by atoms with van der Waals surface area (Å²) < 4.78 is 45.1. The molecule has 0 spiro atoms. The standard InChI is InChI=1S/C18H21FN2O3S/c1-2-24-17-7-5-16(6-8-17)20-11-13-21(14-12-20)25(22,23)18-9-3-15(19)4-10-18/h3-10H,2,11-14H2,1H3. The first-order chi connectivity index (χ1) is 12.0. The predicted octanol–water partition coefficient (Wildman–Crippen LogP) is 2.74. The second kappa shape index (κ2) is 7.41. The van der Waals surface area contributed by atoms with E-state index in [0.29, 0.717) is 32.8 Å². The number of ether oxygens (including phenoxy) is 1. The van der Waals surface area contributed by atoms with E-state index in [2.05, 4.69) is 4.90 Å². The molecule has 2 aromatic carbocycles. The maximum atomic E-state index is 13.0. The molecule has 0 radical (unpaired) electrons. The second-order valence-corrected chi connectivity index (χ2v) is 7.71. The number of halogens is 1. The van der Waals surface area contributed by atoms with Crippen LogP contribution in [-0.2, 0) is 10.0 Å². The lowest BCUT2D eigenvalue weighted by Gasteiger charge is -2.35. The summed E-state index contributed by atoms with van der Waals surface area (Å²) in [5.74, 6) is 0.378. The average molecular weight is 364 g/mol. The minimum absolute atomic E-state index is 0.128. The van der Waals surface area contributed by atoms with Gasteiger partial charge in [0.2, 0.25) is 10.0 Å². The topological polar surface area (TPSA) is 49.9 Å². The van der Waals surface area contributed by atoms with Crippen LogP contribution in [0.4, 0.5) is 10.1 Å². The summed E-state index contributed by atoms with van der Waals surface area (Å²) in [6.07, 6.45) is 0. The zero-order chi connectivity index (χ0) is 17.9. The molecule has 1 saturated heterocycles. The van der Waals surface area contributed by atoms with Crippen LogP contribution in [0.5, 0.6) is 5.75 Å². The fourth-order valence-electron chi connectivity index (χ4n) is 2.86. The van der Waals surface area contributed by atoms with Gasteiger partial charge in [0.05, 0.1) is 11.5 Å². The Morgan fingerprint density at radius 2 is 1.56 bits per heavy atom. The summed E-state index contributed by atoms with van der Waals surface area (Å²) in [4.78, 5) is 2.27. The second-order valence-electron chi connectivity index (χ2n) is 5.77. The lowest BCUT2D eigenvalue weighted by Crippen LogP contribution is -2.48. The Morgan fingerprint density at radius 1 is 0.960 bits per heavy atom. The molecule has 0 bridgehead atoms. The molecule has 0 amide bonds. The van der Waals surface area contributed by atoms with Gasteiger partial charge < -0.3 is 9.64 Å². The van der Waals surface area contributed by atoms with E-state index in [4.69, 9.17) is 4.74 Å².